The summed E-state index contributed by atoms with van der Waals surface area (Å²) in [6, 6.07) is -17.4. The Bertz CT molecular complexity index is 2770. The van der Waals surface area contributed by atoms with Gasteiger partial charge in [0.15, 0.2) is 0 Å². The summed E-state index contributed by atoms with van der Waals surface area (Å²) in [5, 5.41) is 35.1. The maximum atomic E-state index is 14.1. The summed E-state index contributed by atoms with van der Waals surface area (Å²) >= 11 is 16.3. The van der Waals surface area contributed by atoms with Crippen molar-refractivity contribution in [2.45, 2.75) is 151 Å². The smallest absolute Gasteiger partial charge is 0.305 e. The fourth-order valence-corrected chi connectivity index (χ4v) is 9.64. The van der Waals surface area contributed by atoms with Crippen LogP contribution in [0.3, 0.4) is 0 Å². The SMILES string of the molecule is CC(C)[C@H](NC(=O)[C@@H]1CCCN1C(=O)[C@H](CC(N)=O)NC(=O)[C@H](C)NC(=O)[C@H](CS)NC(=O)[C@H](CS)NC(=O)[C@@H](N)CC(=O)O)C(=O)N[C@@H](CS)C(=O)N[C@@H](CC(N)=O)C(=O)NCC(=O)N[C@@H](CCCCN)C(=O)N[C@@H](Cc1cnc[nH]1)C(=O)N[C@@H](CS)C(N)=O. The molecule has 1 fully saturated rings. The first kappa shape index (κ1) is 79.1. The van der Waals surface area contributed by atoms with Gasteiger partial charge in [-0.25, -0.2) is 4.98 Å². The van der Waals surface area contributed by atoms with E-state index in [1.807, 2.05) is 0 Å². The van der Waals surface area contributed by atoms with E-state index in [0.717, 1.165) is 4.90 Å². The number of aromatic amines is 1. The number of hydrogen-bond donors (Lipinski definition) is 22. The van der Waals surface area contributed by atoms with Crippen molar-refractivity contribution in [1.29, 1.82) is 0 Å². The number of primary amides is 3. The molecule has 0 radical (unpaired) electrons. The number of unbranched alkanes of at least 4 members (excludes halogenated alkanes) is 1. The number of carboxylic acid groups (broad SMARTS) is 1. The molecule has 2 heterocycles. The predicted octanol–water partition coefficient (Wildman–Crippen LogP) is -9.53. The lowest BCUT2D eigenvalue weighted by atomic mass is 10.0. The monoisotopic (exact) mass is 1360 g/mol. The maximum absolute atomic E-state index is 14.1. The molecule has 36 nitrogen and oxygen atoms in total. The summed E-state index contributed by atoms with van der Waals surface area (Å²) in [7, 11) is 0. The highest BCUT2D eigenvalue weighted by Gasteiger charge is 2.41. The Balaban J connectivity index is 2.18. The Morgan fingerprint density at radius 1 is 0.593 bits per heavy atom. The van der Waals surface area contributed by atoms with Gasteiger partial charge in [-0.05, 0) is 51.5 Å². The van der Waals surface area contributed by atoms with Gasteiger partial charge < -0.3 is 102 Å². The second-order valence-corrected chi connectivity index (χ2v) is 22.6. The molecule has 2 rings (SSSR count). The van der Waals surface area contributed by atoms with E-state index in [4.69, 9.17) is 33.8 Å². The standard InChI is InChI=1S/C51H83N19O17S4/c1-22(2)39(69-49(85)34-8-6-10-70(34)51(87)29(14-36(55)72)64-41(77)23(3)60-46(82)31(18-89)67-48(84)32(19-90)66-42(78)25(53)12-38(74)75)50(86)68-33(20-91)47(83)63-28(13-35(54)71)43(79)58-16-37(73)61-26(7-4-5-9-52)44(80)62-27(11-24-15-57-21-59-24)45(81)65-30(17-88)40(56)76/h15,21-23,25-34,39,88-91H,4-14,16-20,52-53H2,1-3H3,(H2,54,71)(H2,55,72)(H2,56,76)(H,57,59)(H,58,79)(H,60,82)(H,61,73)(H,62,80)(H,63,83)(H,64,77)(H,65,81)(H,66,78)(H,67,84)(H,68,86)(H,69,85)(H,74,75)/t23-,25-,26-,27-,28-,29-,30-,31-,32-,33-,34-,39-/m0/s1. The van der Waals surface area contributed by atoms with Crippen LogP contribution >= 0.6 is 50.5 Å². The number of H-pyrrole nitrogens is 1. The summed E-state index contributed by atoms with van der Waals surface area (Å²) in [6.45, 7) is 3.58. The van der Waals surface area contributed by atoms with E-state index in [1.165, 1.54) is 33.3 Å². The highest BCUT2D eigenvalue weighted by Crippen LogP contribution is 2.21. The van der Waals surface area contributed by atoms with Crippen molar-refractivity contribution in [3.8, 4) is 0 Å². The molecule has 1 aromatic rings. The summed E-state index contributed by atoms with van der Waals surface area (Å²) < 4.78 is 0. The fourth-order valence-electron chi connectivity index (χ4n) is 8.60. The van der Waals surface area contributed by atoms with Crippen LogP contribution in [0.2, 0.25) is 0 Å². The van der Waals surface area contributed by atoms with Crippen LogP contribution in [0.4, 0.5) is 0 Å². The van der Waals surface area contributed by atoms with Crippen LogP contribution in [-0.2, 0) is 83.1 Å². The zero-order valence-corrected chi connectivity index (χ0v) is 53.6. The maximum Gasteiger partial charge on any atom is 0.305 e. The minimum absolute atomic E-state index is 0.000846. The van der Waals surface area contributed by atoms with Gasteiger partial charge in [0.2, 0.25) is 88.6 Å². The van der Waals surface area contributed by atoms with Crippen LogP contribution in [0.15, 0.2) is 12.5 Å². The predicted molar refractivity (Wildman–Crippen MR) is 335 cm³/mol. The molecule has 0 spiro atoms. The van der Waals surface area contributed by atoms with E-state index in [0.29, 0.717) is 18.5 Å². The number of carboxylic acids is 1. The van der Waals surface area contributed by atoms with Gasteiger partial charge in [-0.1, -0.05) is 13.8 Å². The molecular formula is C51H83N19O17S4. The molecule has 508 valence electrons. The lowest BCUT2D eigenvalue weighted by Gasteiger charge is -2.31. The number of amides is 15. The number of nitrogens with zero attached hydrogens (tertiary/aromatic N) is 2. The molecule has 0 bridgehead atoms. The number of imidazole rings is 1. The fraction of sp³-hybridized carbons (Fsp3) is 0.627. The normalized spacial score (nSPS) is 16.3. The van der Waals surface area contributed by atoms with E-state index < -0.39 is 205 Å². The lowest BCUT2D eigenvalue weighted by Crippen LogP contribution is -2.61. The molecule has 1 aromatic heterocycles. The van der Waals surface area contributed by atoms with E-state index in [-0.39, 0.29) is 56.0 Å². The number of nitrogens with two attached hydrogens (primary N) is 5. The first-order chi connectivity index (χ1) is 42.8. The van der Waals surface area contributed by atoms with Crippen molar-refractivity contribution < 1.29 is 81.8 Å². The van der Waals surface area contributed by atoms with Crippen LogP contribution in [0, 0.1) is 5.92 Å². The zero-order chi connectivity index (χ0) is 68.8. The zero-order valence-electron chi connectivity index (χ0n) is 50.0. The van der Waals surface area contributed by atoms with Crippen molar-refractivity contribution >= 4 is 145 Å². The summed E-state index contributed by atoms with van der Waals surface area (Å²) in [5.41, 5.74) is 27.8. The van der Waals surface area contributed by atoms with Gasteiger partial charge in [0.05, 0.1) is 38.2 Å². The highest BCUT2D eigenvalue weighted by molar-refractivity contribution is 7.80. The molecule has 0 aliphatic carbocycles. The number of aliphatic carboxylic acids is 1. The van der Waals surface area contributed by atoms with Crippen LogP contribution in [0.25, 0.3) is 0 Å². The number of likely N-dealkylation sites (tertiary alicyclic amines) is 1. The summed E-state index contributed by atoms with van der Waals surface area (Å²) in [6.07, 6.45) is 1.23. The molecule has 91 heavy (non-hydrogen) atoms. The van der Waals surface area contributed by atoms with E-state index in [9.17, 15) is 76.7 Å². The third-order valence-electron chi connectivity index (χ3n) is 13.5. The van der Waals surface area contributed by atoms with Crippen molar-refractivity contribution in [3.63, 3.8) is 0 Å². The molecule has 40 heteroatoms. The Hall–Kier alpha value is -7.95. The van der Waals surface area contributed by atoms with Crippen LogP contribution in [0.1, 0.15) is 77.8 Å². The number of aromatic nitrogens is 2. The molecule has 1 saturated heterocycles. The van der Waals surface area contributed by atoms with Crippen LogP contribution in [0.5, 0.6) is 0 Å². The average Bonchev–Trinajstić information content (AvgIpc) is 1.94. The van der Waals surface area contributed by atoms with Gasteiger partial charge in [-0.3, -0.25) is 76.7 Å². The third-order valence-corrected chi connectivity index (χ3v) is 15.0. The number of rotatable bonds is 41. The topological polar surface area (TPSA) is 588 Å². The molecule has 0 aromatic carbocycles. The first-order valence-electron chi connectivity index (χ1n) is 28.4. The van der Waals surface area contributed by atoms with Gasteiger partial charge in [-0.15, -0.1) is 0 Å². The number of hydrogen-bond acceptors (Lipinski definition) is 23. The molecule has 15 amide bonds. The van der Waals surface area contributed by atoms with Gasteiger partial charge >= 0.3 is 5.97 Å². The molecule has 12 atom stereocenters. The Labute approximate surface area is 544 Å². The largest absolute Gasteiger partial charge is 0.481 e. The molecule has 0 saturated carbocycles. The number of carbonyl (C=O) groups excluding carboxylic acids is 15. The quantitative estimate of drug-likeness (QED) is 0.0214. The van der Waals surface area contributed by atoms with Crippen LogP contribution in [-0.4, -0.2) is 230 Å². The first-order valence-corrected chi connectivity index (χ1v) is 30.9. The Kier molecular flexibility index (Phi) is 34.8. The van der Waals surface area contributed by atoms with Crippen molar-refractivity contribution in [2.75, 3.05) is 42.6 Å². The highest BCUT2D eigenvalue weighted by atomic mass is 32.1. The van der Waals surface area contributed by atoms with Crippen molar-refractivity contribution in [2.24, 2.45) is 34.6 Å². The molecule has 1 aliphatic rings. The van der Waals surface area contributed by atoms with Crippen molar-refractivity contribution in [3.05, 3.63) is 18.2 Å². The van der Waals surface area contributed by atoms with Gasteiger partial charge in [-0.2, -0.15) is 50.5 Å². The third kappa shape index (κ3) is 27.2. The summed E-state index contributed by atoms with van der Waals surface area (Å²) in [4.78, 5) is 217. The Morgan fingerprint density at radius 3 is 1.60 bits per heavy atom. The van der Waals surface area contributed by atoms with E-state index >= 15 is 0 Å². The molecule has 23 N–H and O–H groups in total. The van der Waals surface area contributed by atoms with Gasteiger partial charge in [0.1, 0.15) is 66.5 Å². The average molecular weight is 1360 g/mol. The molecular weight excluding hydrogens is 1280 g/mol. The van der Waals surface area contributed by atoms with E-state index in [2.05, 4.69) is 119 Å². The number of carbonyl (C=O) groups is 16. The van der Waals surface area contributed by atoms with Gasteiger partial charge in [0.25, 0.3) is 0 Å². The van der Waals surface area contributed by atoms with Gasteiger partial charge in [0, 0.05) is 47.9 Å². The second kappa shape index (κ2) is 40.0. The second-order valence-electron chi connectivity index (χ2n) is 21.2. The van der Waals surface area contributed by atoms with E-state index in [1.54, 1.807) is 0 Å². The number of thiol groups is 4. The lowest BCUT2D eigenvalue weighted by molar-refractivity contribution is -0.143. The molecule has 0 unspecified atom stereocenters. The minimum atomic E-state index is -1.76. The minimum Gasteiger partial charge on any atom is -0.481 e. The van der Waals surface area contributed by atoms with Crippen molar-refractivity contribution in [1.82, 2.24) is 73.4 Å². The Morgan fingerprint density at radius 2 is 1.09 bits per heavy atom. The summed E-state index contributed by atoms with van der Waals surface area (Å²) in [5.74, 6) is -17.8. The van der Waals surface area contributed by atoms with Crippen LogP contribution < -0.4 is 87.2 Å². The number of nitrogens with one attached hydrogen (secondary N) is 12. The molecule has 1 aliphatic heterocycles.